The van der Waals surface area contributed by atoms with E-state index >= 15 is 0 Å². The molecule has 1 aliphatic rings. The monoisotopic (exact) mass is 459 g/mol. The van der Waals surface area contributed by atoms with Gasteiger partial charge in [0.15, 0.2) is 0 Å². The van der Waals surface area contributed by atoms with Gasteiger partial charge in [-0.1, -0.05) is 12.1 Å². The molecule has 2 atom stereocenters. The highest BCUT2D eigenvalue weighted by Gasteiger charge is 2.23. The molecule has 0 unspecified atom stereocenters. The zero-order chi connectivity index (χ0) is 24.0. The first-order valence-electron chi connectivity index (χ1n) is 10.9. The van der Waals surface area contributed by atoms with Crippen molar-refractivity contribution < 1.29 is 24.1 Å². The third-order valence-electron chi connectivity index (χ3n) is 4.97. The van der Waals surface area contributed by atoms with E-state index in [1.54, 1.807) is 27.9 Å². The highest BCUT2D eigenvalue weighted by molar-refractivity contribution is 5.68. The van der Waals surface area contributed by atoms with E-state index in [2.05, 4.69) is 25.9 Å². The Morgan fingerprint density at radius 2 is 2.06 bits per heavy atom. The molecular weight excluding hydrogens is 426 g/mol. The number of hydrogen-bond donors (Lipinski definition) is 4. The van der Waals surface area contributed by atoms with Crippen LogP contribution in [0.25, 0.3) is 0 Å². The van der Waals surface area contributed by atoms with Gasteiger partial charge in [0.05, 0.1) is 44.7 Å². The van der Waals surface area contributed by atoms with Crippen molar-refractivity contribution in [1.82, 2.24) is 15.3 Å². The smallest absolute Gasteiger partial charge is 0.408 e. The first-order chi connectivity index (χ1) is 15.7. The third kappa shape index (κ3) is 6.93. The second kappa shape index (κ2) is 10.7. The number of anilines is 2. The normalized spacial score (nSPS) is 14.7. The van der Waals surface area contributed by atoms with E-state index in [1.807, 2.05) is 31.2 Å². The van der Waals surface area contributed by atoms with Crippen LogP contribution in [0.1, 0.15) is 50.6 Å². The van der Waals surface area contributed by atoms with Gasteiger partial charge in [-0.15, -0.1) is 0 Å². The fraction of sp³-hybridized carbons (Fsp3) is 0.522. The van der Waals surface area contributed by atoms with Crippen LogP contribution in [0, 0.1) is 0 Å². The molecule has 2 aromatic rings. The summed E-state index contributed by atoms with van der Waals surface area (Å²) in [5.41, 5.74) is 2.07. The third-order valence-corrected chi connectivity index (χ3v) is 4.97. The number of hydrogen-bond acceptors (Lipinski definition) is 9. The predicted octanol–water partition coefficient (Wildman–Crippen LogP) is 2.99. The lowest BCUT2D eigenvalue weighted by molar-refractivity contribution is 0.0487. The molecule has 0 saturated carbocycles. The predicted molar refractivity (Wildman–Crippen MR) is 124 cm³/mol. The van der Waals surface area contributed by atoms with Crippen LogP contribution in [0.3, 0.4) is 0 Å². The van der Waals surface area contributed by atoms with E-state index in [1.165, 1.54) is 0 Å². The Labute approximate surface area is 194 Å². The minimum Gasteiger partial charge on any atom is -0.497 e. The Hall–Kier alpha value is -3.11. The first-order valence-corrected chi connectivity index (χ1v) is 10.9. The van der Waals surface area contributed by atoms with Crippen LogP contribution in [-0.4, -0.2) is 53.1 Å². The molecule has 0 spiro atoms. The lowest BCUT2D eigenvalue weighted by atomic mass is 10.1. The van der Waals surface area contributed by atoms with Gasteiger partial charge in [0.2, 0.25) is 5.95 Å². The number of methoxy groups -OCH3 is 1. The number of benzene rings is 1. The number of rotatable bonds is 9. The van der Waals surface area contributed by atoms with Crippen molar-refractivity contribution >= 4 is 17.9 Å². The molecule has 1 aromatic carbocycles. The summed E-state index contributed by atoms with van der Waals surface area (Å²) in [7, 11) is 1.64. The number of ether oxygens (including phenoxy) is 3. The number of amides is 1. The summed E-state index contributed by atoms with van der Waals surface area (Å²) in [5, 5.41) is 18.9. The van der Waals surface area contributed by atoms with Gasteiger partial charge in [-0.25, -0.2) is 9.78 Å². The molecule has 0 radical (unpaired) electrons. The number of nitrogens with zero attached hydrogens (tertiary/aromatic N) is 2. The first kappa shape index (κ1) is 24.5. The second-order valence-corrected chi connectivity index (χ2v) is 8.86. The van der Waals surface area contributed by atoms with Crippen molar-refractivity contribution in [2.45, 2.75) is 58.6 Å². The Balaban J connectivity index is 1.70. The molecule has 0 aliphatic carbocycles. The zero-order valence-corrected chi connectivity index (χ0v) is 19.8. The number of nitrogens with one attached hydrogen (secondary N) is 3. The van der Waals surface area contributed by atoms with Crippen molar-refractivity contribution in [3.8, 4) is 5.75 Å². The molecule has 2 heterocycles. The van der Waals surface area contributed by atoms with Gasteiger partial charge in [-0.2, -0.15) is 4.98 Å². The summed E-state index contributed by atoms with van der Waals surface area (Å²) in [6.45, 7) is 8.15. The van der Waals surface area contributed by atoms with E-state index in [0.29, 0.717) is 25.0 Å². The average molecular weight is 460 g/mol. The van der Waals surface area contributed by atoms with Gasteiger partial charge in [0.25, 0.3) is 0 Å². The second-order valence-electron chi connectivity index (χ2n) is 8.86. The van der Waals surface area contributed by atoms with E-state index in [4.69, 9.17) is 14.2 Å². The summed E-state index contributed by atoms with van der Waals surface area (Å²) in [6.07, 6.45) is -0.589. The van der Waals surface area contributed by atoms with Gasteiger partial charge in [0.1, 0.15) is 17.2 Å². The minimum absolute atomic E-state index is 0.0626. The molecule has 10 heteroatoms. The summed E-state index contributed by atoms with van der Waals surface area (Å²) in [5.74, 6) is 1.83. The highest BCUT2D eigenvalue weighted by Crippen LogP contribution is 2.28. The Morgan fingerprint density at radius 1 is 1.27 bits per heavy atom. The molecule has 180 valence electrons. The van der Waals surface area contributed by atoms with E-state index in [9.17, 15) is 9.90 Å². The van der Waals surface area contributed by atoms with Gasteiger partial charge < -0.3 is 35.3 Å². The van der Waals surface area contributed by atoms with Crippen LogP contribution in [0.2, 0.25) is 0 Å². The standard InChI is InChI=1S/C23H33N5O5/c1-14(15-7-6-8-17(9-15)31-5)25-21-27-19-13-32-12-18(19)20(28-21)24-10-16(11-29)26-22(30)33-23(2,3)4/h6-9,14,16,29H,10-13H2,1-5H3,(H,26,30)(H2,24,25,27,28)/t14-,16+/m1/s1. The summed E-state index contributed by atoms with van der Waals surface area (Å²) in [4.78, 5) is 21.3. The van der Waals surface area contributed by atoms with Crippen LogP contribution in [-0.2, 0) is 22.7 Å². The number of aliphatic hydroxyl groups excluding tert-OH is 1. The highest BCUT2D eigenvalue weighted by atomic mass is 16.6. The van der Waals surface area contributed by atoms with E-state index < -0.39 is 17.7 Å². The molecule has 3 rings (SSSR count). The molecule has 33 heavy (non-hydrogen) atoms. The maximum atomic E-state index is 12.0. The summed E-state index contributed by atoms with van der Waals surface area (Å²) < 4.78 is 16.1. The van der Waals surface area contributed by atoms with Crippen molar-refractivity contribution in [3.05, 3.63) is 41.1 Å². The van der Waals surface area contributed by atoms with E-state index in [0.717, 1.165) is 22.6 Å². The SMILES string of the molecule is COc1cccc([C@@H](C)Nc2nc3c(c(NC[C@@H](CO)NC(=O)OC(C)(C)C)n2)COC3)c1. The Kier molecular flexibility index (Phi) is 7.93. The van der Waals surface area contributed by atoms with Crippen molar-refractivity contribution in [2.75, 3.05) is 30.9 Å². The number of aliphatic hydroxyl groups is 1. The Morgan fingerprint density at radius 3 is 2.76 bits per heavy atom. The number of carbonyl (C=O) groups excluding carboxylic acids is 1. The van der Waals surface area contributed by atoms with E-state index in [-0.39, 0.29) is 19.2 Å². The summed E-state index contributed by atoms with van der Waals surface area (Å²) in [6, 6.07) is 7.17. The number of aromatic nitrogens is 2. The van der Waals surface area contributed by atoms with Gasteiger partial charge in [-0.3, -0.25) is 0 Å². The lowest BCUT2D eigenvalue weighted by Crippen LogP contribution is -2.44. The fourth-order valence-electron chi connectivity index (χ4n) is 3.31. The molecule has 0 saturated heterocycles. The average Bonchev–Trinajstić information content (AvgIpc) is 3.24. The van der Waals surface area contributed by atoms with Crippen LogP contribution >= 0.6 is 0 Å². The molecule has 1 amide bonds. The van der Waals surface area contributed by atoms with Crippen LogP contribution in [0.15, 0.2) is 24.3 Å². The Bertz CT molecular complexity index is 963. The van der Waals surface area contributed by atoms with Gasteiger partial charge >= 0.3 is 6.09 Å². The molecule has 4 N–H and O–H groups in total. The molecule has 10 nitrogen and oxygen atoms in total. The number of fused-ring (bicyclic) bond motifs is 1. The minimum atomic E-state index is -0.623. The van der Waals surface area contributed by atoms with Gasteiger partial charge in [0, 0.05) is 12.1 Å². The molecular formula is C23H33N5O5. The summed E-state index contributed by atoms with van der Waals surface area (Å²) >= 11 is 0. The maximum absolute atomic E-state index is 12.0. The molecule has 0 fully saturated rings. The van der Waals surface area contributed by atoms with Crippen molar-refractivity contribution in [1.29, 1.82) is 0 Å². The van der Waals surface area contributed by atoms with Crippen molar-refractivity contribution in [2.24, 2.45) is 0 Å². The quantitative estimate of drug-likeness (QED) is 0.447. The fourth-order valence-corrected chi connectivity index (χ4v) is 3.31. The molecule has 1 aromatic heterocycles. The zero-order valence-electron chi connectivity index (χ0n) is 19.8. The van der Waals surface area contributed by atoms with Crippen LogP contribution in [0.5, 0.6) is 5.75 Å². The number of alkyl carbamates (subject to hydrolysis) is 1. The van der Waals surface area contributed by atoms with Crippen molar-refractivity contribution in [3.63, 3.8) is 0 Å². The molecule has 0 bridgehead atoms. The number of carbonyl (C=O) groups is 1. The van der Waals surface area contributed by atoms with Gasteiger partial charge in [-0.05, 0) is 45.4 Å². The topological polar surface area (TPSA) is 127 Å². The van der Waals surface area contributed by atoms with Crippen LogP contribution in [0.4, 0.5) is 16.6 Å². The maximum Gasteiger partial charge on any atom is 0.408 e. The largest absolute Gasteiger partial charge is 0.497 e. The molecule has 1 aliphatic heterocycles. The van der Waals surface area contributed by atoms with Crippen LogP contribution < -0.4 is 20.7 Å². The lowest BCUT2D eigenvalue weighted by Gasteiger charge is -2.23.